The normalized spacial score (nSPS) is 12.4. The maximum Gasteiger partial charge on any atom is 0.408 e. The number of nitrogens with one attached hydrogen (secondary N) is 2. The monoisotopic (exact) mass is 477 g/mol. The van der Waals surface area contributed by atoms with Gasteiger partial charge in [-0.25, -0.2) is 13.6 Å². The van der Waals surface area contributed by atoms with Gasteiger partial charge < -0.3 is 15.0 Å². The quantitative estimate of drug-likeness (QED) is 0.388. The van der Waals surface area contributed by atoms with Crippen molar-refractivity contribution in [2.75, 3.05) is 0 Å². The average Bonchev–Trinajstić information content (AvgIpc) is 2.77. The molecular weight excluding hydrogens is 452 g/mol. The highest BCUT2D eigenvalue weighted by atomic mass is 19.1. The van der Waals surface area contributed by atoms with Crippen molar-refractivity contribution in [3.63, 3.8) is 0 Å². The Kier molecular flexibility index (Phi) is 6.64. The molecule has 0 radical (unpaired) electrons. The molecule has 180 valence electrons. The highest BCUT2D eigenvalue weighted by molar-refractivity contribution is 5.87. The third-order valence-corrected chi connectivity index (χ3v) is 5.31. The Labute approximate surface area is 201 Å². The van der Waals surface area contributed by atoms with E-state index in [1.807, 2.05) is 18.2 Å². The second kappa shape index (κ2) is 9.66. The van der Waals surface area contributed by atoms with E-state index in [0.717, 1.165) is 11.5 Å². The summed E-state index contributed by atoms with van der Waals surface area (Å²) in [5.74, 6) is -1.43. The van der Waals surface area contributed by atoms with Gasteiger partial charge in [0, 0.05) is 29.4 Å². The minimum atomic E-state index is -0.771. The molecule has 4 aromatic rings. The summed E-state index contributed by atoms with van der Waals surface area (Å²) in [6, 6.07) is 13.2. The fourth-order valence-corrected chi connectivity index (χ4v) is 3.92. The van der Waals surface area contributed by atoms with E-state index >= 15 is 0 Å². The molecule has 0 saturated heterocycles. The van der Waals surface area contributed by atoms with Gasteiger partial charge in [-0.15, -0.1) is 0 Å². The number of hydrogen-bond acceptors (Lipinski definition) is 4. The summed E-state index contributed by atoms with van der Waals surface area (Å²) in [7, 11) is 0. The van der Waals surface area contributed by atoms with Crippen molar-refractivity contribution in [3.05, 3.63) is 100 Å². The van der Waals surface area contributed by atoms with E-state index < -0.39 is 29.4 Å². The van der Waals surface area contributed by atoms with Crippen LogP contribution in [-0.2, 0) is 11.2 Å². The number of hydrogen-bond donors (Lipinski definition) is 2. The standard InChI is InChI=1S/C27H25F2N3O3/c1-27(2,3)35-26(34)32-23(13-16-11-19(28)15-20(29)12-16)24-21(5-4-9-30-24)18-7-6-17-8-10-31-25(33)22(17)14-18/h4-12,14-15,23H,13H2,1-3H3,(H,31,33)(H,32,34)/t23-/m0/s1. The SMILES string of the molecule is CC(C)(C)OC(=O)N[C@@H](Cc1cc(F)cc(F)c1)c1ncccc1-c1ccc2cc[nH]c(=O)c2c1. The van der Waals surface area contributed by atoms with Crippen LogP contribution in [0.2, 0.25) is 0 Å². The number of alkyl carbamates (subject to hydrolysis) is 1. The first kappa shape index (κ1) is 24.1. The molecule has 1 amide bonds. The molecule has 8 heteroatoms. The maximum atomic E-state index is 13.9. The molecule has 0 bridgehead atoms. The summed E-state index contributed by atoms with van der Waals surface area (Å²) in [5.41, 5.74) is 1.21. The van der Waals surface area contributed by atoms with Crippen LogP contribution >= 0.6 is 0 Å². The maximum absolute atomic E-state index is 13.9. The second-order valence-corrected chi connectivity index (χ2v) is 9.23. The predicted octanol–water partition coefficient (Wildman–Crippen LogP) is 5.68. The molecule has 0 saturated carbocycles. The van der Waals surface area contributed by atoms with Gasteiger partial charge in [0.25, 0.3) is 5.56 Å². The van der Waals surface area contributed by atoms with E-state index in [9.17, 15) is 18.4 Å². The van der Waals surface area contributed by atoms with Crippen LogP contribution in [0.4, 0.5) is 13.6 Å². The molecule has 2 aromatic heterocycles. The smallest absolute Gasteiger partial charge is 0.408 e. The van der Waals surface area contributed by atoms with Crippen molar-refractivity contribution in [1.29, 1.82) is 0 Å². The van der Waals surface area contributed by atoms with Crippen molar-refractivity contribution >= 4 is 16.9 Å². The first-order chi connectivity index (χ1) is 16.6. The van der Waals surface area contributed by atoms with E-state index in [1.165, 1.54) is 12.1 Å². The van der Waals surface area contributed by atoms with Crippen molar-refractivity contribution in [3.8, 4) is 11.1 Å². The minimum absolute atomic E-state index is 0.0616. The van der Waals surface area contributed by atoms with Gasteiger partial charge in [0.15, 0.2) is 0 Å². The molecular formula is C27H25F2N3O3. The highest BCUT2D eigenvalue weighted by Crippen LogP contribution is 2.30. The molecule has 35 heavy (non-hydrogen) atoms. The number of ether oxygens (including phenoxy) is 1. The number of aromatic nitrogens is 2. The van der Waals surface area contributed by atoms with E-state index in [4.69, 9.17) is 4.74 Å². The molecule has 0 unspecified atom stereocenters. The van der Waals surface area contributed by atoms with Crippen LogP contribution in [0.25, 0.3) is 21.9 Å². The summed E-state index contributed by atoms with van der Waals surface area (Å²) < 4.78 is 33.2. The van der Waals surface area contributed by atoms with Crippen LogP contribution in [0, 0.1) is 11.6 Å². The summed E-state index contributed by atoms with van der Waals surface area (Å²) in [6.45, 7) is 5.22. The van der Waals surface area contributed by atoms with E-state index in [2.05, 4.69) is 15.3 Å². The first-order valence-electron chi connectivity index (χ1n) is 11.1. The van der Waals surface area contributed by atoms with Crippen LogP contribution in [0.1, 0.15) is 38.1 Å². The Morgan fingerprint density at radius 1 is 1.09 bits per heavy atom. The van der Waals surface area contributed by atoms with Crippen molar-refractivity contribution < 1.29 is 18.3 Å². The van der Waals surface area contributed by atoms with E-state index in [1.54, 1.807) is 51.4 Å². The molecule has 1 atom stereocenters. The lowest BCUT2D eigenvalue weighted by atomic mass is 9.94. The number of amides is 1. The van der Waals surface area contributed by atoms with E-state index in [-0.39, 0.29) is 12.0 Å². The summed E-state index contributed by atoms with van der Waals surface area (Å²) >= 11 is 0. The molecule has 0 fully saturated rings. The third-order valence-electron chi connectivity index (χ3n) is 5.31. The number of benzene rings is 2. The van der Waals surface area contributed by atoms with Gasteiger partial charge in [0.05, 0.1) is 11.7 Å². The number of fused-ring (bicyclic) bond motifs is 1. The van der Waals surface area contributed by atoms with E-state index in [0.29, 0.717) is 27.8 Å². The second-order valence-electron chi connectivity index (χ2n) is 9.23. The molecule has 0 aliphatic rings. The van der Waals surface area contributed by atoms with Crippen LogP contribution in [0.3, 0.4) is 0 Å². The van der Waals surface area contributed by atoms with Gasteiger partial charge in [-0.3, -0.25) is 9.78 Å². The highest BCUT2D eigenvalue weighted by Gasteiger charge is 2.24. The number of H-pyrrole nitrogens is 1. The van der Waals surface area contributed by atoms with Crippen LogP contribution in [0.15, 0.2) is 71.8 Å². The molecule has 2 aromatic carbocycles. The Bertz CT molecular complexity index is 1420. The molecule has 2 N–H and O–H groups in total. The van der Waals surface area contributed by atoms with Gasteiger partial charge >= 0.3 is 6.09 Å². The zero-order chi connectivity index (χ0) is 25.2. The number of rotatable bonds is 5. The van der Waals surface area contributed by atoms with Crippen molar-refractivity contribution in [2.24, 2.45) is 0 Å². The first-order valence-corrected chi connectivity index (χ1v) is 11.1. The fraction of sp³-hybridized carbons (Fsp3) is 0.222. The predicted molar refractivity (Wildman–Crippen MR) is 130 cm³/mol. The zero-order valence-corrected chi connectivity index (χ0v) is 19.6. The summed E-state index contributed by atoms with van der Waals surface area (Å²) in [6.07, 6.45) is 2.53. The topological polar surface area (TPSA) is 84.1 Å². The third kappa shape index (κ3) is 5.90. The number of pyridine rings is 2. The lowest BCUT2D eigenvalue weighted by Gasteiger charge is -2.25. The van der Waals surface area contributed by atoms with Crippen LogP contribution in [-0.4, -0.2) is 21.7 Å². The minimum Gasteiger partial charge on any atom is -0.444 e. The van der Waals surface area contributed by atoms with Crippen LogP contribution < -0.4 is 10.9 Å². The lowest BCUT2D eigenvalue weighted by Crippen LogP contribution is -2.36. The molecule has 0 aliphatic heterocycles. The Balaban J connectivity index is 1.79. The Morgan fingerprint density at radius 3 is 2.54 bits per heavy atom. The number of halogens is 2. The lowest BCUT2D eigenvalue weighted by molar-refractivity contribution is 0.0502. The number of aromatic amines is 1. The van der Waals surface area contributed by atoms with Gasteiger partial charge in [-0.1, -0.05) is 18.2 Å². The Hall–Kier alpha value is -4.07. The fourth-order valence-electron chi connectivity index (χ4n) is 3.92. The van der Waals surface area contributed by atoms with Gasteiger partial charge in [0.1, 0.15) is 17.2 Å². The van der Waals surface area contributed by atoms with Crippen molar-refractivity contribution in [1.82, 2.24) is 15.3 Å². The molecule has 4 rings (SSSR count). The average molecular weight is 478 g/mol. The molecule has 0 spiro atoms. The zero-order valence-electron chi connectivity index (χ0n) is 19.6. The van der Waals surface area contributed by atoms with Gasteiger partial charge in [0.2, 0.25) is 0 Å². The molecule has 6 nitrogen and oxygen atoms in total. The summed E-state index contributed by atoms with van der Waals surface area (Å²) in [5, 5.41) is 4.08. The molecule has 0 aliphatic carbocycles. The number of carbonyl (C=O) groups excluding carboxylic acids is 1. The summed E-state index contributed by atoms with van der Waals surface area (Å²) in [4.78, 5) is 32.2. The number of nitrogens with zero attached hydrogens (tertiary/aromatic N) is 1. The molecule has 2 heterocycles. The largest absolute Gasteiger partial charge is 0.444 e. The van der Waals surface area contributed by atoms with Crippen LogP contribution in [0.5, 0.6) is 0 Å². The van der Waals surface area contributed by atoms with Gasteiger partial charge in [-0.2, -0.15) is 0 Å². The van der Waals surface area contributed by atoms with Crippen molar-refractivity contribution in [2.45, 2.75) is 38.8 Å². The Morgan fingerprint density at radius 2 is 1.83 bits per heavy atom. The number of carbonyl (C=O) groups is 1. The van der Waals surface area contributed by atoms with Gasteiger partial charge in [-0.05, 0) is 74.0 Å².